The van der Waals surface area contributed by atoms with Crippen molar-refractivity contribution < 1.29 is 13.9 Å². The van der Waals surface area contributed by atoms with E-state index in [0.29, 0.717) is 40.2 Å². The Bertz CT molecular complexity index is 1120. The van der Waals surface area contributed by atoms with Crippen LogP contribution in [-0.2, 0) is 0 Å². The number of hydrogen-bond donors (Lipinski definition) is 1. The highest BCUT2D eigenvalue weighted by Gasteiger charge is 2.12. The number of aromatic nitrogens is 2. The van der Waals surface area contributed by atoms with Crippen molar-refractivity contribution in [2.75, 3.05) is 20.9 Å². The van der Waals surface area contributed by atoms with Gasteiger partial charge in [-0.05, 0) is 29.2 Å². The van der Waals surface area contributed by atoms with Crippen molar-refractivity contribution in [2.45, 2.75) is 13.3 Å². The Morgan fingerprint density at radius 2 is 1.72 bits per heavy atom. The molecule has 0 atom stereocenters. The summed E-state index contributed by atoms with van der Waals surface area (Å²) in [6.45, 7) is 1.37. The average Bonchev–Trinajstić information content (AvgIpc) is 2.76. The second-order valence-electron chi connectivity index (χ2n) is 6.38. The summed E-state index contributed by atoms with van der Waals surface area (Å²) >= 11 is 0. The molecule has 5 nitrogen and oxygen atoms in total. The molecule has 0 saturated heterocycles. The molecule has 0 aliphatic rings. The predicted molar refractivity (Wildman–Crippen MR) is 114 cm³/mol. The predicted octanol–water partition coefficient (Wildman–Crippen LogP) is 4.79. The molecule has 0 radical (unpaired) electrons. The lowest BCUT2D eigenvalue weighted by Gasteiger charge is -2.10. The highest BCUT2D eigenvalue weighted by molar-refractivity contribution is 5.83. The molecule has 3 rings (SSSR count). The molecular weight excluding hydrogens is 371 g/mol. The molecule has 0 spiro atoms. The Hall–Kier alpha value is -3.41. The van der Waals surface area contributed by atoms with Crippen LogP contribution in [0.2, 0.25) is 0 Å². The zero-order chi connectivity index (χ0) is 20.8. The molecule has 0 unspecified atom stereocenters. The van der Waals surface area contributed by atoms with E-state index >= 15 is 0 Å². The summed E-state index contributed by atoms with van der Waals surface area (Å²) in [6.07, 6.45) is 4.15. The number of methoxy groups -OCH3 is 2. The van der Waals surface area contributed by atoms with Crippen LogP contribution in [0.1, 0.15) is 24.7 Å². The average molecular weight is 394 g/mol. The lowest BCUT2D eigenvalue weighted by Crippen LogP contribution is -2.12. The SMILES string of the molecule is CCC(=CC=C(CF)c1ccccc1)c1nc2cc(OC)c(OC)cc2c(=O)[nH]1. The van der Waals surface area contributed by atoms with Crippen molar-refractivity contribution in [2.24, 2.45) is 0 Å². The molecule has 29 heavy (non-hydrogen) atoms. The molecule has 0 saturated carbocycles. The van der Waals surface area contributed by atoms with Crippen molar-refractivity contribution in [3.05, 3.63) is 76.4 Å². The van der Waals surface area contributed by atoms with Gasteiger partial charge in [-0.25, -0.2) is 9.37 Å². The standard InChI is InChI=1S/C23H23FN2O3/c1-4-15(10-11-17(14-24)16-8-6-5-7-9-16)22-25-19-13-21(29-3)20(28-2)12-18(19)23(27)26-22/h5-13H,4,14H2,1-3H3,(H,25,26,27). The maximum Gasteiger partial charge on any atom is 0.259 e. The molecule has 0 fully saturated rings. The second kappa shape index (κ2) is 9.19. The van der Waals surface area contributed by atoms with Crippen molar-refractivity contribution >= 4 is 22.0 Å². The van der Waals surface area contributed by atoms with E-state index in [1.165, 1.54) is 14.2 Å². The first-order valence-corrected chi connectivity index (χ1v) is 9.28. The molecule has 3 aromatic rings. The fourth-order valence-corrected chi connectivity index (χ4v) is 3.05. The number of ether oxygens (including phenoxy) is 2. The third-order valence-electron chi connectivity index (χ3n) is 4.67. The van der Waals surface area contributed by atoms with Gasteiger partial charge >= 0.3 is 0 Å². The highest BCUT2D eigenvalue weighted by Crippen LogP contribution is 2.30. The number of nitrogens with one attached hydrogen (secondary N) is 1. The number of hydrogen-bond acceptors (Lipinski definition) is 4. The molecule has 0 amide bonds. The van der Waals surface area contributed by atoms with Gasteiger partial charge in [0.25, 0.3) is 5.56 Å². The van der Waals surface area contributed by atoms with Crippen molar-refractivity contribution in [3.63, 3.8) is 0 Å². The van der Waals surface area contributed by atoms with Crippen LogP contribution in [-0.4, -0.2) is 30.9 Å². The van der Waals surface area contributed by atoms with Crippen molar-refractivity contribution in [3.8, 4) is 11.5 Å². The normalized spacial score (nSPS) is 12.3. The van der Waals surface area contributed by atoms with Gasteiger partial charge in [-0.2, -0.15) is 0 Å². The van der Waals surface area contributed by atoms with Crippen LogP contribution >= 0.6 is 0 Å². The van der Waals surface area contributed by atoms with E-state index in [0.717, 1.165) is 11.1 Å². The monoisotopic (exact) mass is 394 g/mol. The Morgan fingerprint density at radius 3 is 2.34 bits per heavy atom. The Morgan fingerprint density at radius 1 is 1.07 bits per heavy atom. The van der Waals surface area contributed by atoms with E-state index in [1.54, 1.807) is 24.3 Å². The summed E-state index contributed by atoms with van der Waals surface area (Å²) in [4.78, 5) is 20.0. The minimum Gasteiger partial charge on any atom is -0.493 e. The Kier molecular flexibility index (Phi) is 6.44. The lowest BCUT2D eigenvalue weighted by atomic mass is 10.1. The van der Waals surface area contributed by atoms with Gasteiger partial charge in [-0.15, -0.1) is 0 Å². The number of halogens is 1. The van der Waals surface area contributed by atoms with Crippen LogP contribution in [0.25, 0.3) is 22.0 Å². The summed E-state index contributed by atoms with van der Waals surface area (Å²) in [5, 5.41) is 0.408. The van der Waals surface area contributed by atoms with E-state index in [1.807, 2.05) is 37.3 Å². The molecule has 0 aliphatic heterocycles. The molecule has 150 valence electrons. The molecular formula is C23H23FN2O3. The number of H-pyrrole nitrogens is 1. The van der Waals surface area contributed by atoms with Crippen LogP contribution in [0, 0.1) is 0 Å². The van der Waals surface area contributed by atoms with Crippen molar-refractivity contribution in [1.82, 2.24) is 9.97 Å². The van der Waals surface area contributed by atoms with Gasteiger partial charge in [0, 0.05) is 6.07 Å². The second-order valence-corrected chi connectivity index (χ2v) is 6.38. The van der Waals surface area contributed by atoms with Gasteiger partial charge in [-0.1, -0.05) is 49.4 Å². The minimum absolute atomic E-state index is 0.275. The number of rotatable bonds is 7. The molecule has 6 heteroatoms. The summed E-state index contributed by atoms with van der Waals surface area (Å²) in [5.41, 5.74) is 2.40. The third-order valence-corrected chi connectivity index (χ3v) is 4.67. The first kappa shape index (κ1) is 20.3. The Balaban J connectivity index is 2.08. The van der Waals surface area contributed by atoms with E-state index in [2.05, 4.69) is 9.97 Å². The zero-order valence-corrected chi connectivity index (χ0v) is 16.7. The van der Waals surface area contributed by atoms with Crippen LogP contribution in [0.4, 0.5) is 4.39 Å². The quantitative estimate of drug-likeness (QED) is 0.586. The number of nitrogens with zero attached hydrogens (tertiary/aromatic N) is 1. The maximum absolute atomic E-state index is 13.5. The van der Waals surface area contributed by atoms with Gasteiger partial charge in [0.15, 0.2) is 11.5 Å². The van der Waals surface area contributed by atoms with E-state index in [9.17, 15) is 9.18 Å². The molecule has 1 N–H and O–H groups in total. The number of benzene rings is 2. The smallest absolute Gasteiger partial charge is 0.259 e. The molecule has 0 aliphatic carbocycles. The van der Waals surface area contributed by atoms with Gasteiger partial charge in [0.1, 0.15) is 12.5 Å². The van der Waals surface area contributed by atoms with Gasteiger partial charge in [-0.3, -0.25) is 4.79 Å². The van der Waals surface area contributed by atoms with E-state index in [-0.39, 0.29) is 5.56 Å². The summed E-state index contributed by atoms with van der Waals surface area (Å²) < 4.78 is 24.1. The minimum atomic E-state index is -0.587. The third kappa shape index (κ3) is 4.37. The topological polar surface area (TPSA) is 64.2 Å². The molecule has 1 aromatic heterocycles. The molecule has 0 bridgehead atoms. The number of aromatic amines is 1. The van der Waals surface area contributed by atoms with E-state index in [4.69, 9.17) is 9.47 Å². The fraction of sp³-hybridized carbons (Fsp3) is 0.217. The maximum atomic E-state index is 13.5. The first-order chi connectivity index (χ1) is 14.1. The Labute approximate surface area is 168 Å². The van der Waals surface area contributed by atoms with Gasteiger partial charge in [0.2, 0.25) is 0 Å². The van der Waals surface area contributed by atoms with E-state index < -0.39 is 6.67 Å². The summed E-state index contributed by atoms with van der Waals surface area (Å²) in [7, 11) is 3.04. The van der Waals surface area contributed by atoms with Crippen LogP contribution < -0.4 is 15.0 Å². The molecule has 2 aromatic carbocycles. The van der Waals surface area contributed by atoms with Gasteiger partial charge in [0.05, 0.1) is 25.1 Å². The molecule has 1 heterocycles. The number of fused-ring (bicyclic) bond motifs is 1. The highest BCUT2D eigenvalue weighted by atomic mass is 19.1. The van der Waals surface area contributed by atoms with Crippen molar-refractivity contribution in [1.29, 1.82) is 0 Å². The zero-order valence-electron chi connectivity index (χ0n) is 16.7. The lowest BCUT2D eigenvalue weighted by molar-refractivity contribution is 0.355. The first-order valence-electron chi connectivity index (χ1n) is 9.28. The number of allylic oxidation sites excluding steroid dienone is 4. The summed E-state index contributed by atoms with van der Waals surface area (Å²) in [6, 6.07) is 12.6. The van der Waals surface area contributed by atoms with Crippen LogP contribution in [0.15, 0.2) is 59.4 Å². The fourth-order valence-electron chi connectivity index (χ4n) is 3.05. The summed E-state index contributed by atoms with van der Waals surface area (Å²) in [5.74, 6) is 1.40. The van der Waals surface area contributed by atoms with Crippen LogP contribution in [0.5, 0.6) is 11.5 Å². The van der Waals surface area contributed by atoms with Crippen LogP contribution in [0.3, 0.4) is 0 Å². The number of alkyl halides is 1. The van der Waals surface area contributed by atoms with Gasteiger partial charge < -0.3 is 14.5 Å². The largest absolute Gasteiger partial charge is 0.493 e.